The molecule has 0 unspecified atom stereocenters. The maximum Gasteiger partial charge on any atom is 0.345 e. The van der Waals surface area contributed by atoms with Crippen molar-refractivity contribution in [3.8, 4) is 5.69 Å². The molecular formula is C21H24F2N6O2. The Morgan fingerprint density at radius 1 is 1.19 bits per heavy atom. The van der Waals surface area contributed by atoms with Crippen molar-refractivity contribution in [3.63, 3.8) is 0 Å². The van der Waals surface area contributed by atoms with Crippen LogP contribution < -0.4 is 11.0 Å². The zero-order valence-electron chi connectivity index (χ0n) is 17.5. The lowest BCUT2D eigenvalue weighted by Crippen LogP contribution is -2.29. The Balaban J connectivity index is 1.41. The third-order valence-corrected chi connectivity index (χ3v) is 5.52. The normalized spacial score (nSPS) is 13.3. The standard InChI is InChI=1S/C21H24F2N6O2/c1-13-19(14(2)29(25-13)17-8-7-15(22)12-16(17)23)20(30)24-9-5-11-28-21(31)27-10-4-3-6-18(27)26-28/h7-8,12H,3-6,9-11H2,1-2H3,(H,24,30). The number of rotatable bonds is 6. The highest BCUT2D eigenvalue weighted by molar-refractivity contribution is 5.96. The number of fused-ring (bicyclic) bond motifs is 1. The van der Waals surface area contributed by atoms with Gasteiger partial charge >= 0.3 is 5.69 Å². The first-order valence-corrected chi connectivity index (χ1v) is 10.3. The van der Waals surface area contributed by atoms with Crippen LogP contribution in [0.25, 0.3) is 5.69 Å². The van der Waals surface area contributed by atoms with E-state index in [-0.39, 0.29) is 17.3 Å². The molecule has 3 heterocycles. The molecule has 2 aromatic heterocycles. The predicted octanol–water partition coefficient (Wildman–Crippen LogP) is 2.28. The number of carbonyl (C=O) groups is 1. The van der Waals surface area contributed by atoms with E-state index in [1.54, 1.807) is 18.4 Å². The zero-order chi connectivity index (χ0) is 22.1. The molecule has 10 heteroatoms. The van der Waals surface area contributed by atoms with Gasteiger partial charge in [-0.15, -0.1) is 0 Å². The number of halogens is 2. The van der Waals surface area contributed by atoms with E-state index in [4.69, 9.17) is 0 Å². The molecule has 0 spiro atoms. The molecule has 0 aliphatic carbocycles. The van der Waals surface area contributed by atoms with Crippen LogP contribution in [0.4, 0.5) is 8.78 Å². The van der Waals surface area contributed by atoms with E-state index in [9.17, 15) is 18.4 Å². The fourth-order valence-electron chi connectivity index (χ4n) is 3.97. The van der Waals surface area contributed by atoms with Gasteiger partial charge in [0.25, 0.3) is 5.91 Å². The summed E-state index contributed by atoms with van der Waals surface area (Å²) in [5.41, 5.74) is 1.22. The van der Waals surface area contributed by atoms with Crippen LogP contribution in [0.5, 0.6) is 0 Å². The molecule has 1 aliphatic rings. The topological polar surface area (TPSA) is 86.7 Å². The zero-order valence-corrected chi connectivity index (χ0v) is 17.5. The quantitative estimate of drug-likeness (QED) is 0.608. The lowest BCUT2D eigenvalue weighted by Gasteiger charge is -2.09. The third kappa shape index (κ3) is 4.01. The largest absolute Gasteiger partial charge is 0.352 e. The van der Waals surface area contributed by atoms with Crippen molar-refractivity contribution >= 4 is 5.91 Å². The van der Waals surface area contributed by atoms with E-state index in [1.165, 1.54) is 15.4 Å². The van der Waals surface area contributed by atoms with E-state index in [0.717, 1.165) is 37.2 Å². The molecule has 31 heavy (non-hydrogen) atoms. The molecule has 1 N–H and O–H groups in total. The summed E-state index contributed by atoms with van der Waals surface area (Å²) in [4.78, 5) is 25.1. The summed E-state index contributed by atoms with van der Waals surface area (Å²) in [6.07, 6.45) is 3.39. The Bertz CT molecular complexity index is 1190. The SMILES string of the molecule is Cc1nn(-c2ccc(F)cc2F)c(C)c1C(=O)NCCCn1nc2n(c1=O)CCCC2. The van der Waals surface area contributed by atoms with Gasteiger partial charge in [-0.1, -0.05) is 0 Å². The van der Waals surface area contributed by atoms with Gasteiger partial charge in [-0.05, 0) is 45.2 Å². The molecule has 1 aliphatic heterocycles. The molecular weight excluding hydrogens is 406 g/mol. The summed E-state index contributed by atoms with van der Waals surface area (Å²) in [7, 11) is 0. The second kappa shape index (κ2) is 8.44. The van der Waals surface area contributed by atoms with Gasteiger partial charge in [-0.2, -0.15) is 10.2 Å². The molecule has 1 amide bonds. The van der Waals surface area contributed by atoms with Crippen LogP contribution in [0.1, 0.15) is 46.8 Å². The van der Waals surface area contributed by atoms with Crippen LogP contribution in [-0.4, -0.2) is 36.6 Å². The Kier molecular flexibility index (Phi) is 5.71. The van der Waals surface area contributed by atoms with Crippen molar-refractivity contribution in [1.29, 1.82) is 0 Å². The van der Waals surface area contributed by atoms with Gasteiger partial charge < -0.3 is 5.32 Å². The molecule has 0 saturated carbocycles. The molecule has 0 saturated heterocycles. The van der Waals surface area contributed by atoms with Crippen molar-refractivity contribution in [3.05, 3.63) is 63.1 Å². The second-order valence-electron chi connectivity index (χ2n) is 7.69. The molecule has 0 fully saturated rings. The molecule has 8 nitrogen and oxygen atoms in total. The number of nitrogens with one attached hydrogen (secondary N) is 1. The molecule has 164 valence electrons. The molecule has 0 atom stereocenters. The van der Waals surface area contributed by atoms with Crippen molar-refractivity contribution in [1.82, 2.24) is 29.4 Å². The van der Waals surface area contributed by atoms with Crippen molar-refractivity contribution < 1.29 is 13.6 Å². The Morgan fingerprint density at radius 2 is 2.00 bits per heavy atom. The van der Waals surface area contributed by atoms with Crippen LogP contribution in [0.2, 0.25) is 0 Å². The van der Waals surface area contributed by atoms with E-state index in [0.29, 0.717) is 43.0 Å². The van der Waals surface area contributed by atoms with Gasteiger partial charge in [0.15, 0.2) is 5.82 Å². The highest BCUT2D eigenvalue weighted by Gasteiger charge is 2.21. The molecule has 3 aromatic rings. The van der Waals surface area contributed by atoms with Gasteiger partial charge in [0.05, 0.1) is 17.0 Å². The lowest BCUT2D eigenvalue weighted by atomic mass is 10.2. The lowest BCUT2D eigenvalue weighted by molar-refractivity contribution is 0.0951. The first-order valence-electron chi connectivity index (χ1n) is 10.3. The minimum absolute atomic E-state index is 0.0733. The Morgan fingerprint density at radius 3 is 2.74 bits per heavy atom. The fourth-order valence-corrected chi connectivity index (χ4v) is 3.97. The minimum Gasteiger partial charge on any atom is -0.352 e. The maximum absolute atomic E-state index is 14.1. The van der Waals surface area contributed by atoms with Gasteiger partial charge in [0.1, 0.15) is 17.3 Å². The third-order valence-electron chi connectivity index (χ3n) is 5.52. The predicted molar refractivity (Wildman–Crippen MR) is 109 cm³/mol. The van der Waals surface area contributed by atoms with Crippen LogP contribution in [-0.2, 0) is 19.5 Å². The fraction of sp³-hybridized carbons (Fsp3) is 0.429. The number of aryl methyl sites for hydroxylation is 3. The monoisotopic (exact) mass is 430 g/mol. The second-order valence-corrected chi connectivity index (χ2v) is 7.69. The summed E-state index contributed by atoms with van der Waals surface area (Å²) >= 11 is 0. The van der Waals surface area contributed by atoms with E-state index in [1.807, 2.05) is 0 Å². The number of carbonyl (C=O) groups excluding carboxylic acids is 1. The highest BCUT2D eigenvalue weighted by Crippen LogP contribution is 2.21. The first-order chi connectivity index (χ1) is 14.9. The summed E-state index contributed by atoms with van der Waals surface area (Å²) < 4.78 is 31.8. The average molecular weight is 430 g/mol. The van der Waals surface area contributed by atoms with Gasteiger partial charge in [0.2, 0.25) is 0 Å². The van der Waals surface area contributed by atoms with Gasteiger partial charge in [-0.25, -0.2) is 22.9 Å². The van der Waals surface area contributed by atoms with E-state index in [2.05, 4.69) is 15.5 Å². The average Bonchev–Trinajstić information content (AvgIpc) is 3.21. The smallest absolute Gasteiger partial charge is 0.345 e. The first kappa shape index (κ1) is 21.0. The summed E-state index contributed by atoms with van der Waals surface area (Å²) in [5, 5.41) is 11.5. The Labute approximate surface area is 177 Å². The van der Waals surface area contributed by atoms with Gasteiger partial charge in [-0.3, -0.25) is 9.36 Å². The van der Waals surface area contributed by atoms with Crippen molar-refractivity contribution in [2.45, 2.75) is 52.6 Å². The number of hydrogen-bond donors (Lipinski definition) is 1. The maximum atomic E-state index is 14.1. The number of benzene rings is 1. The summed E-state index contributed by atoms with van der Waals surface area (Å²) in [5.74, 6) is -0.948. The highest BCUT2D eigenvalue weighted by atomic mass is 19.1. The number of amides is 1. The van der Waals surface area contributed by atoms with Crippen LogP contribution in [0, 0.1) is 25.5 Å². The minimum atomic E-state index is -0.759. The van der Waals surface area contributed by atoms with Crippen molar-refractivity contribution in [2.24, 2.45) is 0 Å². The van der Waals surface area contributed by atoms with Crippen LogP contribution in [0.15, 0.2) is 23.0 Å². The number of hydrogen-bond acceptors (Lipinski definition) is 4. The Hall–Kier alpha value is -3.30. The number of nitrogens with zero attached hydrogens (tertiary/aromatic N) is 5. The van der Waals surface area contributed by atoms with Crippen LogP contribution >= 0.6 is 0 Å². The molecule has 4 rings (SSSR count). The van der Waals surface area contributed by atoms with Crippen LogP contribution in [0.3, 0.4) is 0 Å². The number of aromatic nitrogens is 5. The molecule has 0 bridgehead atoms. The van der Waals surface area contributed by atoms with E-state index < -0.39 is 11.6 Å². The van der Waals surface area contributed by atoms with E-state index >= 15 is 0 Å². The molecule has 0 radical (unpaired) electrons. The summed E-state index contributed by atoms with van der Waals surface area (Å²) in [6, 6.07) is 3.21. The summed E-state index contributed by atoms with van der Waals surface area (Å²) in [6.45, 7) is 4.80. The molecule has 1 aromatic carbocycles. The van der Waals surface area contributed by atoms with Crippen molar-refractivity contribution in [2.75, 3.05) is 6.54 Å². The van der Waals surface area contributed by atoms with Gasteiger partial charge in [0, 0.05) is 32.1 Å².